The minimum absolute atomic E-state index is 0. The lowest BCUT2D eigenvalue weighted by atomic mass is 10.1. The molecule has 4 N–H and O–H groups in total. The first-order valence-corrected chi connectivity index (χ1v) is 8.95. The van der Waals surface area contributed by atoms with Crippen molar-refractivity contribution in [2.24, 2.45) is 0 Å². The van der Waals surface area contributed by atoms with Gasteiger partial charge in [-0.2, -0.15) is 0 Å². The number of nitrogen functional groups attached to an aromatic ring is 1. The summed E-state index contributed by atoms with van der Waals surface area (Å²) >= 11 is 1.15. The lowest BCUT2D eigenvalue weighted by Crippen LogP contribution is -2.31. The van der Waals surface area contributed by atoms with Gasteiger partial charge in [0.1, 0.15) is 5.69 Å². The number of anilines is 2. The molecule has 0 aliphatic carbocycles. The summed E-state index contributed by atoms with van der Waals surface area (Å²) in [6, 6.07) is 3.01. The number of amides is 2. The highest BCUT2D eigenvalue weighted by molar-refractivity contribution is 7.14. The van der Waals surface area contributed by atoms with Crippen molar-refractivity contribution in [3.63, 3.8) is 0 Å². The highest BCUT2D eigenvalue weighted by atomic mass is 35.5. The molecule has 29 heavy (non-hydrogen) atoms. The average Bonchev–Trinajstić information content (AvgIpc) is 3.09. The average molecular weight is 466 g/mol. The van der Waals surface area contributed by atoms with Crippen molar-refractivity contribution < 1.29 is 19.1 Å². The van der Waals surface area contributed by atoms with Gasteiger partial charge in [-0.3, -0.25) is 14.9 Å². The second-order valence-electron chi connectivity index (χ2n) is 5.85. The molecule has 0 saturated carbocycles. The number of likely N-dealkylation sites (N-methyl/N-ethyl adjacent to an activating group) is 1. The van der Waals surface area contributed by atoms with Gasteiger partial charge in [0.05, 0.1) is 19.8 Å². The van der Waals surface area contributed by atoms with Crippen molar-refractivity contribution in [2.75, 3.05) is 52.5 Å². The van der Waals surface area contributed by atoms with Gasteiger partial charge in [-0.1, -0.05) is 0 Å². The van der Waals surface area contributed by atoms with Crippen LogP contribution in [0.25, 0.3) is 0 Å². The van der Waals surface area contributed by atoms with Crippen LogP contribution in [0.3, 0.4) is 0 Å². The van der Waals surface area contributed by atoms with E-state index in [1.54, 1.807) is 5.38 Å². The van der Waals surface area contributed by atoms with E-state index in [9.17, 15) is 9.59 Å². The lowest BCUT2D eigenvalue weighted by Gasteiger charge is -2.12. The maximum absolute atomic E-state index is 12.5. The molecule has 1 aromatic heterocycles. The van der Waals surface area contributed by atoms with Crippen molar-refractivity contribution in [3.8, 4) is 11.5 Å². The second-order valence-corrected chi connectivity index (χ2v) is 6.70. The fourth-order valence-electron chi connectivity index (χ4n) is 2.17. The molecule has 2 rings (SSSR count). The van der Waals surface area contributed by atoms with E-state index in [2.05, 4.69) is 15.6 Å². The third kappa shape index (κ3) is 7.24. The number of halogens is 2. The Hall–Kier alpha value is -2.27. The van der Waals surface area contributed by atoms with Crippen molar-refractivity contribution >= 4 is 58.8 Å². The molecule has 0 saturated heterocycles. The number of ether oxygens (including phenoxy) is 2. The smallest absolute Gasteiger partial charge is 0.270 e. The molecule has 0 bridgehead atoms. The largest absolute Gasteiger partial charge is 0.493 e. The number of benzene rings is 1. The van der Waals surface area contributed by atoms with Gasteiger partial charge in [-0.25, -0.2) is 4.98 Å². The fourth-order valence-corrected chi connectivity index (χ4v) is 2.86. The van der Waals surface area contributed by atoms with Crippen molar-refractivity contribution in [2.45, 2.75) is 0 Å². The summed E-state index contributed by atoms with van der Waals surface area (Å²) < 4.78 is 10.3. The molecule has 0 unspecified atom stereocenters. The van der Waals surface area contributed by atoms with Gasteiger partial charge in [-0.05, 0) is 20.2 Å². The van der Waals surface area contributed by atoms with Gasteiger partial charge in [0.25, 0.3) is 11.8 Å². The van der Waals surface area contributed by atoms with Crippen LogP contribution in [0.5, 0.6) is 11.5 Å². The maximum atomic E-state index is 12.5. The standard InChI is InChI=1S/C17H23N5O4S.2ClH/c1-22(2)6-5-19-16(24)12-9-27-17(20-12)21-15(23)10-7-13(25-3)14(26-4)8-11(10)18;;/h7-9H,5-6,18H2,1-4H3,(H,19,24)(H,20,21,23);2*1H. The number of methoxy groups -OCH3 is 2. The Morgan fingerprint density at radius 3 is 2.34 bits per heavy atom. The minimum Gasteiger partial charge on any atom is -0.493 e. The van der Waals surface area contributed by atoms with Crippen molar-refractivity contribution in [3.05, 3.63) is 28.8 Å². The molecule has 2 aromatic rings. The van der Waals surface area contributed by atoms with E-state index in [1.807, 2.05) is 19.0 Å². The Bertz CT molecular complexity index is 832. The highest BCUT2D eigenvalue weighted by Crippen LogP contribution is 2.32. The molecule has 2 amide bonds. The number of nitrogens with two attached hydrogens (primary N) is 1. The molecule has 1 heterocycles. The molecule has 0 aliphatic heterocycles. The molecular formula is C17H25Cl2N5O4S. The second kappa shape index (κ2) is 12.3. The molecule has 162 valence electrons. The van der Waals surface area contributed by atoms with E-state index >= 15 is 0 Å². The van der Waals surface area contributed by atoms with Crippen LogP contribution < -0.4 is 25.8 Å². The Labute approximate surface area is 185 Å². The molecule has 0 atom stereocenters. The van der Waals surface area contributed by atoms with Crippen LogP contribution in [0, 0.1) is 0 Å². The van der Waals surface area contributed by atoms with E-state index in [1.165, 1.54) is 26.4 Å². The number of aromatic nitrogens is 1. The van der Waals surface area contributed by atoms with Crippen LogP contribution in [0.4, 0.5) is 10.8 Å². The zero-order chi connectivity index (χ0) is 20.0. The predicted octanol–water partition coefficient (Wildman–Crippen LogP) is 2.13. The fraction of sp³-hybridized carbons (Fsp3) is 0.353. The van der Waals surface area contributed by atoms with E-state index < -0.39 is 5.91 Å². The van der Waals surface area contributed by atoms with Crippen LogP contribution >= 0.6 is 36.2 Å². The molecule has 0 radical (unpaired) electrons. The van der Waals surface area contributed by atoms with E-state index in [4.69, 9.17) is 15.2 Å². The summed E-state index contributed by atoms with van der Waals surface area (Å²) in [5.41, 5.74) is 6.63. The molecule has 1 aromatic carbocycles. The van der Waals surface area contributed by atoms with Crippen LogP contribution in [-0.4, -0.2) is 63.1 Å². The number of nitrogens with zero attached hydrogens (tertiary/aromatic N) is 2. The van der Waals surface area contributed by atoms with Gasteiger partial charge in [0.15, 0.2) is 16.6 Å². The molecule has 12 heteroatoms. The zero-order valence-corrected chi connectivity index (χ0v) is 18.9. The van der Waals surface area contributed by atoms with Crippen molar-refractivity contribution in [1.82, 2.24) is 15.2 Å². The summed E-state index contributed by atoms with van der Waals surface area (Å²) in [7, 11) is 6.79. The van der Waals surface area contributed by atoms with Crippen LogP contribution in [0.1, 0.15) is 20.8 Å². The number of thiazole rings is 1. The summed E-state index contributed by atoms with van der Waals surface area (Å²) in [6.45, 7) is 1.23. The first-order chi connectivity index (χ1) is 12.8. The number of carbonyl (C=O) groups excluding carboxylic acids is 2. The predicted molar refractivity (Wildman–Crippen MR) is 119 cm³/mol. The first kappa shape index (κ1) is 26.7. The Morgan fingerprint density at radius 2 is 1.76 bits per heavy atom. The molecule has 0 aliphatic rings. The molecular weight excluding hydrogens is 441 g/mol. The summed E-state index contributed by atoms with van der Waals surface area (Å²) in [5, 5.41) is 7.29. The van der Waals surface area contributed by atoms with Gasteiger partial charge in [-0.15, -0.1) is 36.2 Å². The number of rotatable bonds is 8. The third-order valence-electron chi connectivity index (χ3n) is 3.60. The van der Waals surface area contributed by atoms with Crippen molar-refractivity contribution in [1.29, 1.82) is 0 Å². The Balaban J connectivity index is 0.00000392. The third-order valence-corrected chi connectivity index (χ3v) is 4.36. The van der Waals surface area contributed by atoms with Gasteiger partial charge in [0.2, 0.25) is 0 Å². The van der Waals surface area contributed by atoms with Gasteiger partial charge >= 0.3 is 0 Å². The van der Waals surface area contributed by atoms with Crippen LogP contribution in [0.15, 0.2) is 17.5 Å². The van der Waals surface area contributed by atoms with Gasteiger partial charge < -0.3 is 25.4 Å². The molecule has 0 spiro atoms. The van der Waals surface area contributed by atoms with E-state index in [-0.39, 0.29) is 47.7 Å². The number of hydrogen-bond donors (Lipinski definition) is 3. The Kier molecular flexibility index (Phi) is 11.4. The number of carbonyl (C=O) groups is 2. The normalized spacial score (nSPS) is 9.83. The number of nitrogens with one attached hydrogen (secondary N) is 2. The van der Waals surface area contributed by atoms with Crippen LogP contribution in [-0.2, 0) is 0 Å². The van der Waals surface area contributed by atoms with Crippen LogP contribution in [0.2, 0.25) is 0 Å². The maximum Gasteiger partial charge on any atom is 0.270 e. The minimum atomic E-state index is -0.456. The first-order valence-electron chi connectivity index (χ1n) is 8.07. The van der Waals surface area contributed by atoms with E-state index in [0.717, 1.165) is 17.9 Å². The lowest BCUT2D eigenvalue weighted by molar-refractivity contribution is 0.0945. The number of hydrogen-bond acceptors (Lipinski definition) is 8. The summed E-state index contributed by atoms with van der Waals surface area (Å²) in [5.74, 6) is 0.0658. The zero-order valence-electron chi connectivity index (χ0n) is 16.5. The monoisotopic (exact) mass is 465 g/mol. The summed E-state index contributed by atoms with van der Waals surface area (Å²) in [6.07, 6.45) is 0. The quantitative estimate of drug-likeness (QED) is 0.510. The topological polar surface area (TPSA) is 119 Å². The molecule has 0 fully saturated rings. The van der Waals surface area contributed by atoms with E-state index in [0.29, 0.717) is 23.2 Å². The molecule has 9 nitrogen and oxygen atoms in total. The summed E-state index contributed by atoms with van der Waals surface area (Å²) in [4.78, 5) is 30.7. The highest BCUT2D eigenvalue weighted by Gasteiger charge is 2.17. The Morgan fingerprint density at radius 1 is 1.14 bits per heavy atom. The SMILES string of the molecule is COc1cc(N)c(C(=O)Nc2nc(C(=O)NCCN(C)C)cs2)cc1OC.Cl.Cl. The van der Waals surface area contributed by atoms with Gasteiger partial charge in [0, 0.05) is 30.2 Å².